The summed E-state index contributed by atoms with van der Waals surface area (Å²) in [4.78, 5) is 12.1. The normalized spacial score (nSPS) is 19.4. The molecule has 1 unspecified atom stereocenters. The SMILES string of the molecule is CC(C)Cc1ccc(NC(=O)C2CCCCN2)cc1. The number of amides is 1. The lowest BCUT2D eigenvalue weighted by Crippen LogP contribution is -2.43. The van der Waals surface area contributed by atoms with Gasteiger partial charge >= 0.3 is 0 Å². The number of nitrogens with one attached hydrogen (secondary N) is 2. The van der Waals surface area contributed by atoms with Crippen LogP contribution in [0.25, 0.3) is 0 Å². The first kappa shape index (κ1) is 14.1. The third-order valence-corrected chi connectivity index (χ3v) is 3.49. The number of carbonyl (C=O) groups is 1. The Morgan fingerprint density at radius 3 is 2.63 bits per heavy atom. The average Bonchev–Trinajstić information content (AvgIpc) is 2.41. The van der Waals surface area contributed by atoms with Crippen LogP contribution in [0.3, 0.4) is 0 Å². The lowest BCUT2D eigenvalue weighted by Gasteiger charge is -2.22. The molecule has 1 saturated heterocycles. The van der Waals surface area contributed by atoms with Crippen molar-refractivity contribution >= 4 is 11.6 Å². The first-order valence-corrected chi connectivity index (χ1v) is 7.28. The van der Waals surface area contributed by atoms with Gasteiger partial charge in [-0.3, -0.25) is 4.79 Å². The second-order valence-electron chi connectivity index (χ2n) is 5.79. The molecule has 0 radical (unpaired) electrons. The summed E-state index contributed by atoms with van der Waals surface area (Å²) >= 11 is 0. The topological polar surface area (TPSA) is 41.1 Å². The van der Waals surface area contributed by atoms with Gasteiger partial charge in [0, 0.05) is 5.69 Å². The maximum Gasteiger partial charge on any atom is 0.241 e. The van der Waals surface area contributed by atoms with Crippen molar-refractivity contribution in [2.45, 2.75) is 45.6 Å². The van der Waals surface area contributed by atoms with Crippen LogP contribution in [-0.4, -0.2) is 18.5 Å². The summed E-state index contributed by atoms with van der Waals surface area (Å²) in [5, 5.41) is 6.26. The molecule has 0 bridgehead atoms. The molecule has 1 fully saturated rings. The fraction of sp³-hybridized carbons (Fsp3) is 0.562. The molecule has 1 aromatic rings. The predicted octanol–water partition coefficient (Wildman–Crippen LogP) is 2.97. The van der Waals surface area contributed by atoms with Crippen LogP contribution in [0.2, 0.25) is 0 Å². The van der Waals surface area contributed by atoms with Crippen molar-refractivity contribution in [2.24, 2.45) is 5.92 Å². The highest BCUT2D eigenvalue weighted by molar-refractivity contribution is 5.94. The largest absolute Gasteiger partial charge is 0.325 e. The smallest absolute Gasteiger partial charge is 0.241 e. The Bertz CT molecular complexity index is 405. The molecule has 0 spiro atoms. The number of piperidine rings is 1. The van der Waals surface area contributed by atoms with Crippen molar-refractivity contribution in [3.05, 3.63) is 29.8 Å². The number of benzene rings is 1. The van der Waals surface area contributed by atoms with Gasteiger partial charge in [-0.15, -0.1) is 0 Å². The van der Waals surface area contributed by atoms with Crippen molar-refractivity contribution in [1.82, 2.24) is 5.32 Å². The van der Waals surface area contributed by atoms with E-state index in [9.17, 15) is 4.79 Å². The maximum atomic E-state index is 12.1. The monoisotopic (exact) mass is 260 g/mol. The molecule has 0 aromatic heterocycles. The Morgan fingerprint density at radius 1 is 1.32 bits per heavy atom. The predicted molar refractivity (Wildman–Crippen MR) is 79.3 cm³/mol. The van der Waals surface area contributed by atoms with E-state index >= 15 is 0 Å². The minimum atomic E-state index is -0.0240. The van der Waals surface area contributed by atoms with Crippen LogP contribution in [0.5, 0.6) is 0 Å². The van der Waals surface area contributed by atoms with Gasteiger partial charge in [0.05, 0.1) is 6.04 Å². The molecule has 2 N–H and O–H groups in total. The third-order valence-electron chi connectivity index (χ3n) is 3.49. The van der Waals surface area contributed by atoms with Crippen molar-refractivity contribution in [1.29, 1.82) is 0 Å². The lowest BCUT2D eigenvalue weighted by atomic mass is 10.0. The summed E-state index contributed by atoms with van der Waals surface area (Å²) in [5.74, 6) is 0.753. The van der Waals surface area contributed by atoms with Gasteiger partial charge in [-0.05, 0) is 49.4 Å². The van der Waals surface area contributed by atoms with E-state index in [1.807, 2.05) is 12.1 Å². The molecule has 3 nitrogen and oxygen atoms in total. The van der Waals surface area contributed by atoms with Gasteiger partial charge in [0.1, 0.15) is 0 Å². The molecule has 1 heterocycles. The molecular formula is C16H24N2O. The molecule has 0 saturated carbocycles. The summed E-state index contributed by atoms with van der Waals surface area (Å²) in [6.45, 7) is 5.38. The highest BCUT2D eigenvalue weighted by atomic mass is 16.2. The van der Waals surface area contributed by atoms with Crippen LogP contribution in [0.1, 0.15) is 38.7 Å². The number of anilines is 1. The van der Waals surface area contributed by atoms with Gasteiger partial charge in [0.25, 0.3) is 0 Å². The van der Waals surface area contributed by atoms with Crippen molar-refractivity contribution in [2.75, 3.05) is 11.9 Å². The van der Waals surface area contributed by atoms with Crippen LogP contribution < -0.4 is 10.6 Å². The molecule has 0 aliphatic carbocycles. The molecule has 3 heteroatoms. The Kier molecular flexibility index (Phi) is 4.97. The number of rotatable bonds is 4. The second-order valence-corrected chi connectivity index (χ2v) is 5.79. The van der Waals surface area contributed by atoms with Crippen LogP contribution in [0, 0.1) is 5.92 Å². The molecular weight excluding hydrogens is 236 g/mol. The zero-order valence-electron chi connectivity index (χ0n) is 11.9. The minimum absolute atomic E-state index is 0.0240. The van der Waals surface area contributed by atoms with Crippen LogP contribution >= 0.6 is 0 Å². The highest BCUT2D eigenvalue weighted by Crippen LogP contribution is 2.14. The van der Waals surface area contributed by atoms with Gasteiger partial charge in [-0.1, -0.05) is 32.4 Å². The van der Waals surface area contributed by atoms with E-state index in [1.165, 1.54) is 12.0 Å². The number of carbonyl (C=O) groups excluding carboxylic acids is 1. The average molecular weight is 260 g/mol. The Labute approximate surface area is 115 Å². The number of hydrogen-bond acceptors (Lipinski definition) is 2. The number of hydrogen-bond donors (Lipinski definition) is 2. The van der Waals surface area contributed by atoms with E-state index in [0.29, 0.717) is 5.92 Å². The Hall–Kier alpha value is -1.35. The van der Waals surface area contributed by atoms with Gasteiger partial charge in [0.15, 0.2) is 0 Å². The molecule has 1 aliphatic heterocycles. The summed E-state index contributed by atoms with van der Waals surface area (Å²) in [6.07, 6.45) is 4.34. The van der Waals surface area contributed by atoms with E-state index < -0.39 is 0 Å². The Balaban J connectivity index is 1.89. The molecule has 19 heavy (non-hydrogen) atoms. The standard InChI is InChI=1S/C16H24N2O/c1-12(2)11-13-6-8-14(9-7-13)18-16(19)15-5-3-4-10-17-15/h6-9,12,15,17H,3-5,10-11H2,1-2H3,(H,18,19). The quantitative estimate of drug-likeness (QED) is 0.874. The summed E-state index contributed by atoms with van der Waals surface area (Å²) < 4.78 is 0. The third kappa shape index (κ3) is 4.35. The lowest BCUT2D eigenvalue weighted by molar-refractivity contribution is -0.118. The minimum Gasteiger partial charge on any atom is -0.325 e. The summed E-state index contributed by atoms with van der Waals surface area (Å²) in [6, 6.07) is 8.18. The van der Waals surface area contributed by atoms with Crippen molar-refractivity contribution in [3.8, 4) is 0 Å². The maximum absolute atomic E-state index is 12.1. The van der Waals surface area contributed by atoms with Gasteiger partial charge in [0.2, 0.25) is 5.91 Å². The van der Waals surface area contributed by atoms with E-state index in [2.05, 4.69) is 36.6 Å². The molecule has 1 atom stereocenters. The fourth-order valence-electron chi connectivity index (χ4n) is 2.50. The van der Waals surface area contributed by atoms with Gasteiger partial charge in [-0.25, -0.2) is 0 Å². The van der Waals surface area contributed by atoms with E-state index in [-0.39, 0.29) is 11.9 Å². The highest BCUT2D eigenvalue weighted by Gasteiger charge is 2.20. The zero-order chi connectivity index (χ0) is 13.7. The molecule has 1 amide bonds. The van der Waals surface area contributed by atoms with Crippen LogP contribution in [0.15, 0.2) is 24.3 Å². The molecule has 1 aromatic carbocycles. The zero-order valence-corrected chi connectivity index (χ0v) is 11.9. The Morgan fingerprint density at radius 2 is 2.05 bits per heavy atom. The van der Waals surface area contributed by atoms with Gasteiger partial charge < -0.3 is 10.6 Å². The van der Waals surface area contributed by atoms with E-state index in [1.54, 1.807) is 0 Å². The molecule has 2 rings (SSSR count). The van der Waals surface area contributed by atoms with Crippen molar-refractivity contribution in [3.63, 3.8) is 0 Å². The van der Waals surface area contributed by atoms with E-state index in [0.717, 1.165) is 31.5 Å². The molecule has 1 aliphatic rings. The summed E-state index contributed by atoms with van der Waals surface area (Å²) in [5.41, 5.74) is 2.22. The van der Waals surface area contributed by atoms with Gasteiger partial charge in [-0.2, -0.15) is 0 Å². The van der Waals surface area contributed by atoms with E-state index in [4.69, 9.17) is 0 Å². The molecule has 104 valence electrons. The summed E-state index contributed by atoms with van der Waals surface area (Å²) in [7, 11) is 0. The first-order chi connectivity index (χ1) is 9.15. The van der Waals surface area contributed by atoms with Crippen LogP contribution in [0.4, 0.5) is 5.69 Å². The van der Waals surface area contributed by atoms with Crippen molar-refractivity contribution < 1.29 is 4.79 Å². The van der Waals surface area contributed by atoms with Crippen LogP contribution in [-0.2, 0) is 11.2 Å². The first-order valence-electron chi connectivity index (χ1n) is 7.28. The fourth-order valence-corrected chi connectivity index (χ4v) is 2.50. The second kappa shape index (κ2) is 6.71.